The number of carbonyl (C=O) groups excluding carboxylic acids is 3. The molecule has 0 radical (unpaired) electrons. The van der Waals surface area contributed by atoms with Crippen molar-refractivity contribution in [1.82, 2.24) is 15.5 Å². The van der Waals surface area contributed by atoms with E-state index in [-0.39, 0.29) is 31.0 Å². The molecule has 1 rings (SSSR count). The highest BCUT2D eigenvalue weighted by Gasteiger charge is 2.24. The van der Waals surface area contributed by atoms with E-state index in [1.165, 1.54) is 0 Å². The Morgan fingerprint density at radius 3 is 2.35 bits per heavy atom. The van der Waals surface area contributed by atoms with Crippen LogP contribution in [-0.2, 0) is 14.3 Å². The molecule has 1 heterocycles. The van der Waals surface area contributed by atoms with Crippen LogP contribution < -0.4 is 10.6 Å². The van der Waals surface area contributed by atoms with Crippen LogP contribution in [0.4, 0.5) is 9.59 Å². The van der Waals surface area contributed by atoms with Crippen molar-refractivity contribution in [2.24, 2.45) is 0 Å². The minimum atomic E-state index is -0.555. The van der Waals surface area contributed by atoms with E-state index in [1.807, 2.05) is 6.92 Å². The number of nitrogens with one attached hydrogen (secondary N) is 2. The summed E-state index contributed by atoms with van der Waals surface area (Å²) in [6, 6.07) is 0.0352. The summed E-state index contributed by atoms with van der Waals surface area (Å²) in [6.07, 6.45) is 2.58. The largest absolute Gasteiger partial charge is 0.450 e. The highest BCUT2D eigenvalue weighted by Crippen LogP contribution is 2.12. The number of piperidine rings is 1. The normalized spacial score (nSPS) is 15.3. The molecular weight excluding hydrogens is 338 g/mol. The number of carbonyl (C=O) groups is 3. The standard InChI is InChI=1S/C18H33N3O5/c1-5-6-13-25-17(24)20-14-8-11-21(12-9-14)15(22)7-10-19-16(23)26-18(2,3)4/h14H,5-13H2,1-4H3,(H,19,23)(H,20,24). The zero-order valence-corrected chi connectivity index (χ0v) is 16.4. The summed E-state index contributed by atoms with van der Waals surface area (Å²) in [4.78, 5) is 37.1. The fourth-order valence-corrected chi connectivity index (χ4v) is 2.53. The third-order valence-electron chi connectivity index (χ3n) is 3.91. The number of rotatable bonds is 7. The molecule has 0 spiro atoms. The third-order valence-corrected chi connectivity index (χ3v) is 3.91. The number of amides is 3. The van der Waals surface area contributed by atoms with Gasteiger partial charge in [0.25, 0.3) is 0 Å². The average molecular weight is 371 g/mol. The first-order valence-corrected chi connectivity index (χ1v) is 9.39. The number of ether oxygens (including phenoxy) is 2. The van der Waals surface area contributed by atoms with Gasteiger partial charge in [-0.05, 0) is 40.0 Å². The molecule has 8 heteroatoms. The Bertz CT molecular complexity index is 468. The van der Waals surface area contributed by atoms with Gasteiger partial charge in [-0.25, -0.2) is 9.59 Å². The maximum absolute atomic E-state index is 12.2. The molecule has 0 aromatic heterocycles. The van der Waals surface area contributed by atoms with Gasteiger partial charge in [-0.15, -0.1) is 0 Å². The van der Waals surface area contributed by atoms with Crippen LogP contribution in [-0.4, -0.2) is 60.9 Å². The lowest BCUT2D eigenvalue weighted by Gasteiger charge is -2.32. The third kappa shape index (κ3) is 9.48. The van der Waals surface area contributed by atoms with Gasteiger partial charge < -0.3 is 25.0 Å². The molecule has 1 aliphatic heterocycles. The van der Waals surface area contributed by atoms with Crippen molar-refractivity contribution in [3.8, 4) is 0 Å². The molecule has 3 amide bonds. The van der Waals surface area contributed by atoms with Gasteiger partial charge in [0.2, 0.25) is 5.91 Å². The minimum absolute atomic E-state index is 0.00923. The molecule has 0 saturated carbocycles. The summed E-state index contributed by atoms with van der Waals surface area (Å²) in [5.74, 6) is -0.00923. The Morgan fingerprint density at radius 1 is 1.12 bits per heavy atom. The highest BCUT2D eigenvalue weighted by molar-refractivity contribution is 5.77. The smallest absolute Gasteiger partial charge is 0.407 e. The summed E-state index contributed by atoms with van der Waals surface area (Å²) >= 11 is 0. The number of nitrogens with zero attached hydrogens (tertiary/aromatic N) is 1. The van der Waals surface area contributed by atoms with Gasteiger partial charge in [0, 0.05) is 32.1 Å². The molecule has 2 N–H and O–H groups in total. The van der Waals surface area contributed by atoms with Crippen molar-refractivity contribution in [2.45, 2.75) is 71.4 Å². The lowest BCUT2D eigenvalue weighted by atomic mass is 10.0. The van der Waals surface area contributed by atoms with Crippen molar-refractivity contribution in [3.05, 3.63) is 0 Å². The van der Waals surface area contributed by atoms with Gasteiger partial charge in [0.15, 0.2) is 0 Å². The Balaban J connectivity index is 2.19. The van der Waals surface area contributed by atoms with Gasteiger partial charge >= 0.3 is 12.2 Å². The topological polar surface area (TPSA) is 97.0 Å². The molecule has 8 nitrogen and oxygen atoms in total. The number of alkyl carbamates (subject to hydrolysis) is 2. The lowest BCUT2D eigenvalue weighted by Crippen LogP contribution is -2.47. The van der Waals surface area contributed by atoms with E-state index in [1.54, 1.807) is 25.7 Å². The zero-order valence-electron chi connectivity index (χ0n) is 16.4. The molecule has 1 fully saturated rings. The van der Waals surface area contributed by atoms with Crippen LogP contribution in [0.1, 0.15) is 59.8 Å². The van der Waals surface area contributed by atoms with Crippen LogP contribution in [0.5, 0.6) is 0 Å². The molecule has 1 aliphatic rings. The highest BCUT2D eigenvalue weighted by atomic mass is 16.6. The minimum Gasteiger partial charge on any atom is -0.450 e. The Labute approximate surface area is 156 Å². The summed E-state index contributed by atoms with van der Waals surface area (Å²) in [6.45, 7) is 9.26. The molecule has 0 aromatic rings. The fraction of sp³-hybridized carbons (Fsp3) is 0.833. The lowest BCUT2D eigenvalue weighted by molar-refractivity contribution is -0.132. The first kappa shape index (κ1) is 22.1. The average Bonchev–Trinajstić information content (AvgIpc) is 2.54. The SMILES string of the molecule is CCCCOC(=O)NC1CCN(C(=O)CCNC(=O)OC(C)(C)C)CC1. The number of hydrogen-bond acceptors (Lipinski definition) is 5. The Kier molecular flexibility index (Phi) is 9.23. The number of unbranched alkanes of at least 4 members (excludes halogenated alkanes) is 1. The molecule has 1 saturated heterocycles. The predicted molar refractivity (Wildman–Crippen MR) is 97.8 cm³/mol. The molecule has 150 valence electrons. The van der Waals surface area contributed by atoms with Gasteiger partial charge in [-0.3, -0.25) is 4.79 Å². The van der Waals surface area contributed by atoms with E-state index in [0.717, 1.165) is 12.8 Å². The van der Waals surface area contributed by atoms with E-state index in [9.17, 15) is 14.4 Å². The summed E-state index contributed by atoms with van der Waals surface area (Å²) in [5, 5.41) is 5.43. The van der Waals surface area contributed by atoms with E-state index in [4.69, 9.17) is 9.47 Å². The Hall–Kier alpha value is -1.99. The summed E-state index contributed by atoms with van der Waals surface area (Å²) in [7, 11) is 0. The van der Waals surface area contributed by atoms with Crippen molar-refractivity contribution in [1.29, 1.82) is 0 Å². The van der Waals surface area contributed by atoms with Crippen molar-refractivity contribution >= 4 is 18.1 Å². The van der Waals surface area contributed by atoms with Crippen LogP contribution in [0, 0.1) is 0 Å². The summed E-state index contributed by atoms with van der Waals surface area (Å²) < 4.78 is 10.2. The van der Waals surface area contributed by atoms with Crippen molar-refractivity contribution in [2.75, 3.05) is 26.2 Å². The molecule has 0 atom stereocenters. The van der Waals surface area contributed by atoms with E-state index < -0.39 is 11.7 Å². The monoisotopic (exact) mass is 371 g/mol. The molecule has 0 unspecified atom stereocenters. The second kappa shape index (κ2) is 10.9. The van der Waals surface area contributed by atoms with Crippen molar-refractivity contribution < 1.29 is 23.9 Å². The van der Waals surface area contributed by atoms with E-state index >= 15 is 0 Å². The van der Waals surface area contributed by atoms with Gasteiger partial charge in [-0.1, -0.05) is 13.3 Å². The molecule has 0 aromatic carbocycles. The Morgan fingerprint density at radius 2 is 1.77 bits per heavy atom. The van der Waals surface area contributed by atoms with Crippen molar-refractivity contribution in [3.63, 3.8) is 0 Å². The first-order chi connectivity index (χ1) is 12.2. The van der Waals surface area contributed by atoms with Crippen LogP contribution in [0.2, 0.25) is 0 Å². The molecular formula is C18H33N3O5. The number of hydrogen-bond donors (Lipinski definition) is 2. The maximum atomic E-state index is 12.2. The molecule has 0 aliphatic carbocycles. The zero-order chi connectivity index (χ0) is 19.6. The quantitative estimate of drug-likeness (QED) is 0.670. The van der Waals surface area contributed by atoms with Gasteiger partial charge in [0.05, 0.1) is 6.61 Å². The first-order valence-electron chi connectivity index (χ1n) is 9.39. The molecule has 0 bridgehead atoms. The number of likely N-dealkylation sites (tertiary alicyclic amines) is 1. The van der Waals surface area contributed by atoms with Gasteiger partial charge in [0.1, 0.15) is 5.60 Å². The second-order valence-corrected chi connectivity index (χ2v) is 7.47. The summed E-state index contributed by atoms with van der Waals surface area (Å²) in [5.41, 5.74) is -0.555. The van der Waals surface area contributed by atoms with Gasteiger partial charge in [-0.2, -0.15) is 0 Å². The van der Waals surface area contributed by atoms with Crippen LogP contribution in [0.25, 0.3) is 0 Å². The van der Waals surface area contributed by atoms with Crippen LogP contribution >= 0.6 is 0 Å². The predicted octanol–water partition coefficient (Wildman–Crippen LogP) is 2.42. The van der Waals surface area contributed by atoms with E-state index in [0.29, 0.717) is 32.5 Å². The van der Waals surface area contributed by atoms with E-state index in [2.05, 4.69) is 10.6 Å². The van der Waals surface area contributed by atoms with Crippen LogP contribution in [0.3, 0.4) is 0 Å². The molecule has 26 heavy (non-hydrogen) atoms. The van der Waals surface area contributed by atoms with Crippen LogP contribution in [0.15, 0.2) is 0 Å². The second-order valence-electron chi connectivity index (χ2n) is 7.47. The maximum Gasteiger partial charge on any atom is 0.407 e. The fourth-order valence-electron chi connectivity index (χ4n) is 2.53.